The monoisotopic (exact) mass is 411 g/mol. The highest BCUT2D eigenvalue weighted by molar-refractivity contribution is 5.96. The summed E-state index contributed by atoms with van der Waals surface area (Å²) < 4.78 is 7.54. The molecule has 3 aliphatic rings. The highest BCUT2D eigenvalue weighted by Crippen LogP contribution is 2.29. The van der Waals surface area contributed by atoms with Crippen LogP contribution in [0.15, 0.2) is 18.6 Å². The Morgan fingerprint density at radius 1 is 1.13 bits per heavy atom. The molecular weight excluding hydrogens is 382 g/mol. The fourth-order valence-electron chi connectivity index (χ4n) is 5.13. The van der Waals surface area contributed by atoms with Crippen LogP contribution in [0.4, 0.5) is 0 Å². The molecule has 8 nitrogen and oxygen atoms in total. The number of hydrogen-bond acceptors (Lipinski definition) is 5. The van der Waals surface area contributed by atoms with Crippen LogP contribution in [-0.4, -0.2) is 63.6 Å². The van der Waals surface area contributed by atoms with Crippen molar-refractivity contribution in [2.24, 2.45) is 5.92 Å². The minimum absolute atomic E-state index is 0.156. The average molecular weight is 412 g/mol. The Morgan fingerprint density at radius 3 is 2.73 bits per heavy atom. The number of hydrogen-bond donors (Lipinski definition) is 1. The van der Waals surface area contributed by atoms with E-state index in [0.29, 0.717) is 30.6 Å². The van der Waals surface area contributed by atoms with E-state index in [0.717, 1.165) is 56.6 Å². The van der Waals surface area contributed by atoms with Gasteiger partial charge in [0.15, 0.2) is 5.65 Å². The highest BCUT2D eigenvalue weighted by Gasteiger charge is 2.35. The standard InChI is InChI=1S/C22H29N5O3/c28-20-9-15(13-26(20)17-3-1-2-4-17)11-24-22(29)16-10-19-21(23-12-16)27(14-25-19)18-5-7-30-8-6-18/h10,12,14-15,17-18H,1-9,11,13H2,(H,24,29). The Balaban J connectivity index is 1.20. The lowest BCUT2D eigenvalue weighted by Gasteiger charge is -2.24. The van der Waals surface area contributed by atoms with Crippen molar-refractivity contribution in [3.05, 3.63) is 24.2 Å². The normalized spacial score (nSPS) is 23.5. The zero-order valence-electron chi connectivity index (χ0n) is 17.3. The number of likely N-dealkylation sites (tertiary alicyclic amines) is 1. The van der Waals surface area contributed by atoms with Crippen molar-refractivity contribution in [1.29, 1.82) is 0 Å². The van der Waals surface area contributed by atoms with Crippen LogP contribution in [0.2, 0.25) is 0 Å². The van der Waals surface area contributed by atoms with Crippen molar-refractivity contribution in [3.63, 3.8) is 0 Å². The molecule has 1 aliphatic carbocycles. The minimum atomic E-state index is -0.156. The molecular formula is C22H29N5O3. The van der Waals surface area contributed by atoms with Crippen LogP contribution in [-0.2, 0) is 9.53 Å². The third kappa shape index (κ3) is 3.80. The highest BCUT2D eigenvalue weighted by atomic mass is 16.5. The van der Waals surface area contributed by atoms with Gasteiger partial charge in [0, 0.05) is 56.9 Å². The molecule has 2 aromatic heterocycles. The lowest BCUT2D eigenvalue weighted by Crippen LogP contribution is -2.36. The fraction of sp³-hybridized carbons (Fsp3) is 0.636. The summed E-state index contributed by atoms with van der Waals surface area (Å²) in [7, 11) is 0. The first-order valence-electron chi connectivity index (χ1n) is 11.2. The van der Waals surface area contributed by atoms with Crippen molar-refractivity contribution in [2.45, 2.75) is 57.0 Å². The number of carbonyl (C=O) groups excluding carboxylic acids is 2. The quantitative estimate of drug-likeness (QED) is 0.816. The zero-order chi connectivity index (χ0) is 20.5. The smallest absolute Gasteiger partial charge is 0.252 e. The molecule has 5 rings (SSSR count). The van der Waals surface area contributed by atoms with Gasteiger partial charge in [0.1, 0.15) is 5.52 Å². The molecule has 1 unspecified atom stereocenters. The van der Waals surface area contributed by atoms with Crippen LogP contribution in [0, 0.1) is 5.92 Å². The van der Waals surface area contributed by atoms with E-state index < -0.39 is 0 Å². The predicted molar refractivity (Wildman–Crippen MR) is 111 cm³/mol. The lowest BCUT2D eigenvalue weighted by molar-refractivity contribution is -0.129. The Labute approximate surface area is 176 Å². The molecule has 2 amide bonds. The maximum Gasteiger partial charge on any atom is 0.252 e. The van der Waals surface area contributed by atoms with Gasteiger partial charge in [-0.1, -0.05) is 12.8 Å². The first-order valence-corrected chi connectivity index (χ1v) is 11.2. The van der Waals surface area contributed by atoms with Crippen LogP contribution < -0.4 is 5.32 Å². The topological polar surface area (TPSA) is 89.4 Å². The molecule has 0 aromatic carbocycles. The Bertz CT molecular complexity index is 930. The van der Waals surface area contributed by atoms with E-state index >= 15 is 0 Å². The molecule has 0 bridgehead atoms. The van der Waals surface area contributed by atoms with Crippen molar-refractivity contribution in [3.8, 4) is 0 Å². The number of ether oxygens (including phenoxy) is 1. The molecule has 0 spiro atoms. The summed E-state index contributed by atoms with van der Waals surface area (Å²) in [4.78, 5) is 36.1. The molecule has 2 aromatic rings. The van der Waals surface area contributed by atoms with Crippen LogP contribution >= 0.6 is 0 Å². The van der Waals surface area contributed by atoms with Gasteiger partial charge >= 0.3 is 0 Å². The number of amides is 2. The minimum Gasteiger partial charge on any atom is -0.381 e. The molecule has 1 saturated carbocycles. The van der Waals surface area contributed by atoms with Crippen LogP contribution in [0.3, 0.4) is 0 Å². The second-order valence-corrected chi connectivity index (χ2v) is 8.83. The third-order valence-electron chi connectivity index (χ3n) is 6.81. The van der Waals surface area contributed by atoms with Gasteiger partial charge in [-0.15, -0.1) is 0 Å². The number of rotatable bonds is 5. The van der Waals surface area contributed by atoms with Gasteiger partial charge in [-0.25, -0.2) is 9.97 Å². The van der Waals surface area contributed by atoms with E-state index in [1.165, 1.54) is 12.8 Å². The van der Waals surface area contributed by atoms with Crippen molar-refractivity contribution < 1.29 is 14.3 Å². The number of imidazole rings is 1. The van der Waals surface area contributed by atoms with E-state index in [9.17, 15) is 9.59 Å². The number of carbonyl (C=O) groups is 2. The number of fused-ring (bicyclic) bond motifs is 1. The second-order valence-electron chi connectivity index (χ2n) is 8.83. The molecule has 2 saturated heterocycles. The molecule has 8 heteroatoms. The van der Waals surface area contributed by atoms with Gasteiger partial charge in [-0.05, 0) is 31.7 Å². The summed E-state index contributed by atoms with van der Waals surface area (Å²) in [5.74, 6) is 0.270. The summed E-state index contributed by atoms with van der Waals surface area (Å²) in [6.07, 6.45) is 10.6. The van der Waals surface area contributed by atoms with Crippen molar-refractivity contribution in [1.82, 2.24) is 24.8 Å². The van der Waals surface area contributed by atoms with Crippen LogP contribution in [0.25, 0.3) is 11.2 Å². The van der Waals surface area contributed by atoms with E-state index in [2.05, 4.69) is 19.9 Å². The summed E-state index contributed by atoms with van der Waals surface area (Å²) in [5.41, 5.74) is 2.06. The summed E-state index contributed by atoms with van der Waals surface area (Å²) >= 11 is 0. The average Bonchev–Trinajstić information content (AvgIpc) is 3.51. The number of nitrogens with zero attached hydrogens (tertiary/aromatic N) is 4. The largest absolute Gasteiger partial charge is 0.381 e. The molecule has 1 atom stereocenters. The Hall–Kier alpha value is -2.48. The van der Waals surface area contributed by atoms with E-state index in [4.69, 9.17) is 4.74 Å². The second kappa shape index (κ2) is 8.34. The Kier molecular flexibility index (Phi) is 5.41. The maximum atomic E-state index is 12.7. The van der Waals surface area contributed by atoms with Crippen LogP contribution in [0.1, 0.15) is 61.3 Å². The molecule has 2 aliphatic heterocycles. The third-order valence-corrected chi connectivity index (χ3v) is 6.81. The van der Waals surface area contributed by atoms with Gasteiger partial charge < -0.3 is 19.5 Å². The molecule has 1 N–H and O–H groups in total. The molecule has 4 heterocycles. The van der Waals surface area contributed by atoms with Gasteiger partial charge in [0.05, 0.1) is 11.9 Å². The predicted octanol–water partition coefficient (Wildman–Crippen LogP) is 2.30. The SMILES string of the molecule is O=C(NCC1CC(=O)N(C2CCCC2)C1)c1cnc2c(c1)ncn2C1CCOCC1. The molecule has 30 heavy (non-hydrogen) atoms. The summed E-state index contributed by atoms with van der Waals surface area (Å²) in [5, 5.41) is 3.00. The summed E-state index contributed by atoms with van der Waals surface area (Å²) in [6.45, 7) is 2.79. The van der Waals surface area contributed by atoms with Gasteiger partial charge in [0.2, 0.25) is 5.91 Å². The van der Waals surface area contributed by atoms with E-state index in [-0.39, 0.29) is 17.7 Å². The van der Waals surface area contributed by atoms with Gasteiger partial charge in [0.25, 0.3) is 5.91 Å². The van der Waals surface area contributed by atoms with Crippen molar-refractivity contribution >= 4 is 23.0 Å². The molecule has 0 radical (unpaired) electrons. The fourth-order valence-corrected chi connectivity index (χ4v) is 5.13. The van der Waals surface area contributed by atoms with Gasteiger partial charge in [-0.2, -0.15) is 0 Å². The first kappa shape index (κ1) is 19.5. The number of pyridine rings is 1. The maximum absolute atomic E-state index is 12.7. The Morgan fingerprint density at radius 2 is 1.93 bits per heavy atom. The van der Waals surface area contributed by atoms with Crippen molar-refractivity contribution in [2.75, 3.05) is 26.3 Å². The molecule has 3 fully saturated rings. The lowest BCUT2D eigenvalue weighted by atomic mass is 10.1. The first-order chi connectivity index (χ1) is 14.7. The zero-order valence-corrected chi connectivity index (χ0v) is 17.3. The van der Waals surface area contributed by atoms with Crippen LogP contribution in [0.5, 0.6) is 0 Å². The summed E-state index contributed by atoms with van der Waals surface area (Å²) in [6, 6.07) is 2.56. The van der Waals surface area contributed by atoms with E-state index in [1.54, 1.807) is 12.3 Å². The van der Waals surface area contributed by atoms with Gasteiger partial charge in [-0.3, -0.25) is 9.59 Å². The number of aromatic nitrogens is 3. The molecule has 160 valence electrons. The number of nitrogens with one attached hydrogen (secondary N) is 1. The van der Waals surface area contributed by atoms with E-state index in [1.807, 2.05) is 11.2 Å².